The lowest BCUT2D eigenvalue weighted by atomic mass is 10.2. The molecule has 3 heterocycles. The molecule has 1 fully saturated rings. The number of sulfone groups is 1. The Kier molecular flexibility index (Phi) is 5.28. The molecule has 2 aromatic rings. The van der Waals surface area contributed by atoms with Crippen LogP contribution in [0.5, 0.6) is 0 Å². The van der Waals surface area contributed by atoms with E-state index in [1.807, 2.05) is 12.3 Å². The van der Waals surface area contributed by atoms with Crippen LogP contribution in [0.4, 0.5) is 4.79 Å². The Bertz CT molecular complexity index is 838. The molecule has 134 valence electrons. The Morgan fingerprint density at radius 2 is 2.28 bits per heavy atom. The average Bonchev–Trinajstić information content (AvgIpc) is 3.21. The molecular weight excluding hydrogens is 362 g/mol. The van der Waals surface area contributed by atoms with Gasteiger partial charge in [-0.05, 0) is 13.3 Å². The maximum absolute atomic E-state index is 12.4. The third-order valence-electron chi connectivity index (χ3n) is 4.01. The number of amides is 2. The second-order valence-electron chi connectivity index (χ2n) is 5.74. The summed E-state index contributed by atoms with van der Waals surface area (Å²) in [6, 6.07) is -0.515. The first kappa shape index (κ1) is 17.7. The molecule has 0 unspecified atom stereocenters. The smallest absolute Gasteiger partial charge is 0.317 e. The second kappa shape index (κ2) is 7.44. The van der Waals surface area contributed by atoms with Crippen molar-refractivity contribution in [1.29, 1.82) is 0 Å². The summed E-state index contributed by atoms with van der Waals surface area (Å²) in [6.07, 6.45) is 5.34. The predicted octanol–water partition coefficient (Wildman–Crippen LogP) is 1.32. The summed E-state index contributed by atoms with van der Waals surface area (Å²) in [5.74, 6) is 0.191. The molecule has 0 aromatic carbocycles. The number of urea groups is 1. The summed E-state index contributed by atoms with van der Waals surface area (Å²) < 4.78 is 23.2. The molecule has 0 spiro atoms. The van der Waals surface area contributed by atoms with Crippen molar-refractivity contribution in [1.82, 2.24) is 25.2 Å². The van der Waals surface area contributed by atoms with E-state index in [-0.39, 0.29) is 30.1 Å². The minimum atomic E-state index is -3.02. The van der Waals surface area contributed by atoms with Gasteiger partial charge in [0.2, 0.25) is 0 Å². The molecule has 2 amide bonds. The zero-order chi connectivity index (χ0) is 17.9. The molecule has 1 saturated heterocycles. The third kappa shape index (κ3) is 4.31. The molecule has 0 bridgehead atoms. The van der Waals surface area contributed by atoms with E-state index in [4.69, 9.17) is 0 Å². The van der Waals surface area contributed by atoms with E-state index >= 15 is 0 Å². The number of nitrogens with one attached hydrogen (secondary N) is 1. The van der Waals surface area contributed by atoms with Crippen LogP contribution in [0.15, 0.2) is 24.0 Å². The quantitative estimate of drug-likeness (QED) is 0.837. The highest BCUT2D eigenvalue weighted by molar-refractivity contribution is 7.91. The van der Waals surface area contributed by atoms with Crippen molar-refractivity contribution in [3.05, 3.63) is 29.7 Å². The number of hydrogen-bond donors (Lipinski definition) is 1. The van der Waals surface area contributed by atoms with Crippen molar-refractivity contribution in [2.24, 2.45) is 0 Å². The van der Waals surface area contributed by atoms with E-state index in [0.717, 1.165) is 10.7 Å². The van der Waals surface area contributed by atoms with Crippen molar-refractivity contribution >= 4 is 27.2 Å². The van der Waals surface area contributed by atoms with Crippen LogP contribution in [0.1, 0.15) is 19.0 Å². The number of aromatic nitrogens is 3. The van der Waals surface area contributed by atoms with Crippen molar-refractivity contribution < 1.29 is 13.2 Å². The lowest BCUT2D eigenvalue weighted by Gasteiger charge is -2.26. The maximum Gasteiger partial charge on any atom is 0.317 e. The zero-order valence-corrected chi connectivity index (χ0v) is 15.4. The number of hydrogen-bond acceptors (Lipinski definition) is 7. The first-order valence-corrected chi connectivity index (χ1v) is 10.6. The zero-order valence-electron chi connectivity index (χ0n) is 13.8. The molecule has 1 aliphatic rings. The normalized spacial score (nSPS) is 18.8. The van der Waals surface area contributed by atoms with Gasteiger partial charge in [0.05, 0.1) is 29.9 Å². The van der Waals surface area contributed by atoms with Crippen molar-refractivity contribution in [3.8, 4) is 10.7 Å². The topological polar surface area (TPSA) is 105 Å². The SMILES string of the molecule is CCN(C(=O)NCc1csc(-c2cnccn2)n1)[C@@H]1CCS(=O)(=O)C1. The summed E-state index contributed by atoms with van der Waals surface area (Å²) in [6.45, 7) is 2.60. The van der Waals surface area contributed by atoms with Gasteiger partial charge < -0.3 is 10.2 Å². The lowest BCUT2D eigenvalue weighted by Crippen LogP contribution is -2.46. The number of carbonyl (C=O) groups is 1. The van der Waals surface area contributed by atoms with Gasteiger partial charge in [-0.2, -0.15) is 0 Å². The first-order chi connectivity index (χ1) is 12.0. The Morgan fingerprint density at radius 3 is 2.92 bits per heavy atom. The highest BCUT2D eigenvalue weighted by atomic mass is 32.2. The molecule has 1 N–H and O–H groups in total. The van der Waals surface area contributed by atoms with Crippen LogP contribution >= 0.6 is 11.3 Å². The number of thiazole rings is 1. The maximum atomic E-state index is 12.4. The lowest BCUT2D eigenvalue weighted by molar-refractivity contribution is 0.183. The molecule has 25 heavy (non-hydrogen) atoms. The van der Waals surface area contributed by atoms with Crippen molar-refractivity contribution in [2.75, 3.05) is 18.1 Å². The molecule has 0 aliphatic carbocycles. The fraction of sp³-hybridized carbons (Fsp3) is 0.467. The van der Waals surface area contributed by atoms with Crippen LogP contribution in [0.2, 0.25) is 0 Å². The Morgan fingerprint density at radius 1 is 1.44 bits per heavy atom. The second-order valence-corrected chi connectivity index (χ2v) is 8.82. The number of nitrogens with zero attached hydrogens (tertiary/aromatic N) is 4. The molecule has 2 aromatic heterocycles. The number of rotatable bonds is 5. The summed E-state index contributed by atoms with van der Waals surface area (Å²) in [4.78, 5) is 26.6. The predicted molar refractivity (Wildman–Crippen MR) is 94.8 cm³/mol. The molecular formula is C15H19N5O3S2. The third-order valence-corrected chi connectivity index (χ3v) is 6.67. The standard InChI is InChI=1S/C15H19N5O3S2/c1-2-20(12-3-6-25(22,23)10-12)15(21)18-7-11-9-24-14(19-11)13-8-16-4-5-17-13/h4-5,8-9,12H,2-3,6-7,10H2,1H3,(H,18,21)/t12-/m1/s1. The van der Waals surface area contributed by atoms with Gasteiger partial charge in [-0.3, -0.25) is 9.97 Å². The van der Waals surface area contributed by atoms with Crippen LogP contribution in [-0.2, 0) is 16.4 Å². The van der Waals surface area contributed by atoms with Gasteiger partial charge in [-0.25, -0.2) is 18.2 Å². The van der Waals surface area contributed by atoms with Gasteiger partial charge in [-0.15, -0.1) is 11.3 Å². The fourth-order valence-electron chi connectivity index (χ4n) is 2.77. The molecule has 0 saturated carbocycles. The van der Waals surface area contributed by atoms with E-state index in [1.54, 1.807) is 23.5 Å². The molecule has 3 rings (SSSR count). The Labute approximate surface area is 150 Å². The Balaban J connectivity index is 1.59. The van der Waals surface area contributed by atoms with Gasteiger partial charge >= 0.3 is 6.03 Å². The van der Waals surface area contributed by atoms with Crippen LogP contribution in [0.3, 0.4) is 0 Å². The summed E-state index contributed by atoms with van der Waals surface area (Å²) in [7, 11) is -3.02. The summed E-state index contributed by atoms with van der Waals surface area (Å²) >= 11 is 1.44. The highest BCUT2D eigenvalue weighted by Gasteiger charge is 2.33. The van der Waals surface area contributed by atoms with Gasteiger partial charge in [0.15, 0.2) is 9.84 Å². The summed E-state index contributed by atoms with van der Waals surface area (Å²) in [5, 5.41) is 5.42. The van der Waals surface area contributed by atoms with Crippen molar-refractivity contribution in [2.45, 2.75) is 25.9 Å². The van der Waals surface area contributed by atoms with Gasteiger partial charge in [0.1, 0.15) is 10.7 Å². The van der Waals surface area contributed by atoms with E-state index in [9.17, 15) is 13.2 Å². The molecule has 1 aliphatic heterocycles. The van der Waals surface area contributed by atoms with Crippen LogP contribution in [-0.4, -0.2) is 58.4 Å². The molecule has 1 atom stereocenters. The molecule has 10 heteroatoms. The average molecular weight is 381 g/mol. The van der Waals surface area contributed by atoms with Crippen molar-refractivity contribution in [3.63, 3.8) is 0 Å². The first-order valence-electron chi connectivity index (χ1n) is 7.94. The fourth-order valence-corrected chi connectivity index (χ4v) is 5.28. The van der Waals surface area contributed by atoms with E-state index < -0.39 is 9.84 Å². The van der Waals surface area contributed by atoms with Gasteiger partial charge in [0.25, 0.3) is 0 Å². The largest absolute Gasteiger partial charge is 0.332 e. The van der Waals surface area contributed by atoms with E-state index in [0.29, 0.717) is 18.7 Å². The van der Waals surface area contributed by atoms with E-state index in [1.165, 1.54) is 11.3 Å². The van der Waals surface area contributed by atoms with Gasteiger partial charge in [-0.1, -0.05) is 0 Å². The molecule has 0 radical (unpaired) electrons. The van der Waals surface area contributed by atoms with Crippen LogP contribution < -0.4 is 5.32 Å². The van der Waals surface area contributed by atoms with Crippen LogP contribution in [0.25, 0.3) is 10.7 Å². The number of carbonyl (C=O) groups excluding carboxylic acids is 1. The monoisotopic (exact) mass is 381 g/mol. The highest BCUT2D eigenvalue weighted by Crippen LogP contribution is 2.21. The van der Waals surface area contributed by atoms with Gasteiger partial charge in [0, 0.05) is 30.4 Å². The minimum Gasteiger partial charge on any atom is -0.332 e. The minimum absolute atomic E-state index is 0.0434. The Hall–Kier alpha value is -2.07. The van der Waals surface area contributed by atoms with E-state index in [2.05, 4.69) is 20.3 Å². The van der Waals surface area contributed by atoms with Crippen LogP contribution in [0, 0.1) is 0 Å². The summed E-state index contributed by atoms with van der Waals surface area (Å²) in [5.41, 5.74) is 1.42. The molecule has 8 nitrogen and oxygen atoms in total.